The highest BCUT2D eigenvalue weighted by atomic mass is 35.5. The lowest BCUT2D eigenvalue weighted by atomic mass is 9.97. The van der Waals surface area contributed by atoms with Crippen molar-refractivity contribution < 1.29 is 4.74 Å². The summed E-state index contributed by atoms with van der Waals surface area (Å²) in [5.41, 5.74) is 10.6. The number of allylic oxidation sites excluding steroid dienone is 2. The average molecular weight is 336 g/mol. The highest BCUT2D eigenvalue weighted by Crippen LogP contribution is 2.28. The molecule has 0 aromatic heterocycles. The highest BCUT2D eigenvalue weighted by molar-refractivity contribution is 6.30. The first kappa shape index (κ1) is 19.6. The SMILES string of the molecule is CCCC/C=C(OC)/C(CCCC)=C(\N)c1ccc(Cl)cc1C. The summed E-state index contributed by atoms with van der Waals surface area (Å²) in [6.07, 6.45) is 8.67. The van der Waals surface area contributed by atoms with Crippen LogP contribution >= 0.6 is 11.6 Å². The van der Waals surface area contributed by atoms with Crippen molar-refractivity contribution in [3.8, 4) is 0 Å². The van der Waals surface area contributed by atoms with Crippen molar-refractivity contribution >= 4 is 17.3 Å². The monoisotopic (exact) mass is 335 g/mol. The van der Waals surface area contributed by atoms with E-state index in [0.29, 0.717) is 0 Å². The number of nitrogens with two attached hydrogens (primary N) is 1. The molecule has 128 valence electrons. The Labute approximate surface area is 146 Å². The number of halogens is 1. The first-order chi connectivity index (χ1) is 11.0. The van der Waals surface area contributed by atoms with Crippen molar-refractivity contribution in [3.05, 3.63) is 51.8 Å². The number of hydrogen-bond acceptors (Lipinski definition) is 2. The standard InChI is InChI=1S/C20H30ClNO/c1-5-7-9-11-19(23-4)18(10-8-6-2)20(22)17-13-12-16(21)14-15(17)3/h11-14H,5-10,22H2,1-4H3/b19-11-,20-18-. The summed E-state index contributed by atoms with van der Waals surface area (Å²) in [5, 5.41) is 0.736. The van der Waals surface area contributed by atoms with Gasteiger partial charge in [-0.25, -0.2) is 0 Å². The molecule has 1 rings (SSSR count). The topological polar surface area (TPSA) is 35.2 Å². The number of methoxy groups -OCH3 is 1. The van der Waals surface area contributed by atoms with Crippen LogP contribution in [0.15, 0.2) is 35.6 Å². The molecule has 2 N–H and O–H groups in total. The van der Waals surface area contributed by atoms with Gasteiger partial charge in [0.1, 0.15) is 5.76 Å². The lowest BCUT2D eigenvalue weighted by Crippen LogP contribution is -2.07. The van der Waals surface area contributed by atoms with Crippen LogP contribution in [0.4, 0.5) is 0 Å². The minimum absolute atomic E-state index is 0.736. The molecule has 0 atom stereocenters. The summed E-state index contributed by atoms with van der Waals surface area (Å²) >= 11 is 6.07. The van der Waals surface area contributed by atoms with Gasteiger partial charge in [-0.3, -0.25) is 0 Å². The first-order valence-electron chi connectivity index (χ1n) is 8.54. The number of ether oxygens (including phenoxy) is 1. The lowest BCUT2D eigenvalue weighted by molar-refractivity contribution is 0.296. The molecule has 2 nitrogen and oxygen atoms in total. The summed E-state index contributed by atoms with van der Waals surface area (Å²) in [7, 11) is 1.73. The maximum atomic E-state index is 6.53. The van der Waals surface area contributed by atoms with Crippen LogP contribution < -0.4 is 5.73 Å². The van der Waals surface area contributed by atoms with E-state index in [2.05, 4.69) is 19.9 Å². The molecular formula is C20H30ClNO. The van der Waals surface area contributed by atoms with Crippen LogP contribution in [-0.2, 0) is 4.74 Å². The molecule has 0 saturated carbocycles. The minimum Gasteiger partial charge on any atom is -0.497 e. The van der Waals surface area contributed by atoms with Gasteiger partial charge in [0.15, 0.2) is 0 Å². The number of hydrogen-bond donors (Lipinski definition) is 1. The van der Waals surface area contributed by atoms with Crippen molar-refractivity contribution in [3.63, 3.8) is 0 Å². The molecule has 1 aromatic carbocycles. The van der Waals surface area contributed by atoms with E-state index in [-0.39, 0.29) is 0 Å². The van der Waals surface area contributed by atoms with Crippen molar-refractivity contribution in [1.29, 1.82) is 0 Å². The van der Waals surface area contributed by atoms with E-state index in [1.54, 1.807) is 7.11 Å². The minimum atomic E-state index is 0.736. The predicted octanol–water partition coefficient (Wildman–Crippen LogP) is 6.23. The van der Waals surface area contributed by atoms with Crippen molar-refractivity contribution in [2.75, 3.05) is 7.11 Å². The van der Waals surface area contributed by atoms with Gasteiger partial charge in [-0.2, -0.15) is 0 Å². The van der Waals surface area contributed by atoms with Gasteiger partial charge in [0, 0.05) is 21.9 Å². The fraction of sp³-hybridized carbons (Fsp3) is 0.500. The second-order valence-electron chi connectivity index (χ2n) is 5.87. The Morgan fingerprint density at radius 2 is 1.91 bits per heavy atom. The molecule has 0 fully saturated rings. The Kier molecular flexibility index (Phi) is 8.86. The molecule has 0 spiro atoms. The lowest BCUT2D eigenvalue weighted by Gasteiger charge is -2.17. The van der Waals surface area contributed by atoms with Crippen molar-refractivity contribution in [2.24, 2.45) is 5.73 Å². The predicted molar refractivity (Wildman–Crippen MR) is 101 cm³/mol. The Hall–Kier alpha value is -1.41. The average Bonchev–Trinajstić information content (AvgIpc) is 2.53. The molecule has 0 unspecified atom stereocenters. The summed E-state index contributed by atoms with van der Waals surface area (Å²) < 4.78 is 5.66. The van der Waals surface area contributed by atoms with Crippen LogP contribution in [0.5, 0.6) is 0 Å². The van der Waals surface area contributed by atoms with Gasteiger partial charge in [-0.1, -0.05) is 44.4 Å². The highest BCUT2D eigenvalue weighted by Gasteiger charge is 2.13. The smallest absolute Gasteiger partial charge is 0.120 e. The quantitative estimate of drug-likeness (QED) is 0.330. The molecule has 0 saturated heterocycles. The maximum Gasteiger partial charge on any atom is 0.120 e. The second kappa shape index (κ2) is 10.4. The van der Waals surface area contributed by atoms with Gasteiger partial charge in [0.25, 0.3) is 0 Å². The van der Waals surface area contributed by atoms with Crippen LogP contribution in [0.3, 0.4) is 0 Å². The van der Waals surface area contributed by atoms with Gasteiger partial charge in [-0.05, 0) is 56.4 Å². The first-order valence-corrected chi connectivity index (χ1v) is 8.92. The van der Waals surface area contributed by atoms with Crippen LogP contribution in [0.1, 0.15) is 63.5 Å². The molecule has 0 radical (unpaired) electrons. The van der Waals surface area contributed by atoms with E-state index >= 15 is 0 Å². The van der Waals surface area contributed by atoms with E-state index in [4.69, 9.17) is 22.1 Å². The van der Waals surface area contributed by atoms with Crippen LogP contribution in [0.2, 0.25) is 5.02 Å². The zero-order valence-corrected chi connectivity index (χ0v) is 15.7. The van der Waals surface area contributed by atoms with E-state index in [1.807, 2.05) is 25.1 Å². The third kappa shape index (κ3) is 5.95. The molecule has 0 aliphatic carbocycles. The molecule has 23 heavy (non-hydrogen) atoms. The number of benzene rings is 1. The zero-order valence-electron chi connectivity index (χ0n) is 14.9. The van der Waals surface area contributed by atoms with E-state index in [1.165, 1.54) is 6.42 Å². The molecular weight excluding hydrogens is 306 g/mol. The van der Waals surface area contributed by atoms with Gasteiger partial charge in [0.05, 0.1) is 7.11 Å². The normalized spacial score (nSPS) is 13.0. The van der Waals surface area contributed by atoms with Gasteiger partial charge in [-0.15, -0.1) is 0 Å². The second-order valence-corrected chi connectivity index (χ2v) is 6.31. The van der Waals surface area contributed by atoms with E-state index in [0.717, 1.165) is 65.3 Å². The fourth-order valence-electron chi connectivity index (χ4n) is 2.60. The summed E-state index contributed by atoms with van der Waals surface area (Å²) in [4.78, 5) is 0. The molecule has 0 bridgehead atoms. The van der Waals surface area contributed by atoms with Crippen molar-refractivity contribution in [1.82, 2.24) is 0 Å². The molecule has 0 amide bonds. The Morgan fingerprint density at radius 1 is 1.22 bits per heavy atom. The molecule has 0 heterocycles. The fourth-order valence-corrected chi connectivity index (χ4v) is 2.83. The van der Waals surface area contributed by atoms with Crippen LogP contribution in [0.25, 0.3) is 5.70 Å². The maximum absolute atomic E-state index is 6.53. The molecule has 3 heteroatoms. The van der Waals surface area contributed by atoms with Gasteiger partial charge >= 0.3 is 0 Å². The molecule has 1 aromatic rings. The Bertz CT molecular complexity index is 561. The van der Waals surface area contributed by atoms with E-state index in [9.17, 15) is 0 Å². The largest absolute Gasteiger partial charge is 0.497 e. The summed E-state index contributed by atoms with van der Waals surface area (Å²) in [6, 6.07) is 5.84. The molecule has 0 aliphatic rings. The van der Waals surface area contributed by atoms with Gasteiger partial charge in [0.2, 0.25) is 0 Å². The van der Waals surface area contributed by atoms with Gasteiger partial charge < -0.3 is 10.5 Å². The third-order valence-corrected chi connectivity index (χ3v) is 4.22. The number of aryl methyl sites for hydroxylation is 1. The number of rotatable bonds is 9. The van der Waals surface area contributed by atoms with Crippen molar-refractivity contribution in [2.45, 2.75) is 59.3 Å². The molecule has 0 aliphatic heterocycles. The third-order valence-electron chi connectivity index (χ3n) is 3.99. The van der Waals surface area contributed by atoms with E-state index < -0.39 is 0 Å². The Morgan fingerprint density at radius 3 is 2.48 bits per heavy atom. The zero-order chi connectivity index (χ0) is 17.2. The van der Waals surface area contributed by atoms with Crippen LogP contribution in [0, 0.1) is 6.92 Å². The number of unbranched alkanes of at least 4 members (excludes halogenated alkanes) is 3. The summed E-state index contributed by atoms with van der Waals surface area (Å²) in [6.45, 7) is 6.42. The Balaban J connectivity index is 3.27. The summed E-state index contributed by atoms with van der Waals surface area (Å²) in [5.74, 6) is 0.916. The van der Waals surface area contributed by atoms with Crippen LogP contribution in [-0.4, -0.2) is 7.11 Å².